The molecule has 0 saturated carbocycles. The third-order valence-electron chi connectivity index (χ3n) is 2.66. The highest BCUT2D eigenvalue weighted by molar-refractivity contribution is 5.50. The summed E-state index contributed by atoms with van der Waals surface area (Å²) in [5, 5.41) is 9.27. The summed E-state index contributed by atoms with van der Waals surface area (Å²) in [4.78, 5) is 0. The predicted molar refractivity (Wildman–Crippen MR) is 61.7 cm³/mol. The topological polar surface area (TPSA) is 40.7 Å². The molecule has 0 saturated heterocycles. The number of halogens is 2. The first kappa shape index (κ1) is 11.6. The van der Waals surface area contributed by atoms with Crippen molar-refractivity contribution < 1.29 is 8.78 Å². The molecule has 2 N–H and O–H groups in total. The Morgan fingerprint density at radius 1 is 1.35 bits per heavy atom. The van der Waals surface area contributed by atoms with E-state index < -0.39 is 11.6 Å². The molecule has 17 heavy (non-hydrogen) atoms. The van der Waals surface area contributed by atoms with Crippen molar-refractivity contribution in [2.24, 2.45) is 0 Å². The van der Waals surface area contributed by atoms with Gasteiger partial charge < -0.3 is 5.32 Å². The molecule has 5 heteroatoms. The first-order chi connectivity index (χ1) is 8.09. The van der Waals surface area contributed by atoms with Crippen molar-refractivity contribution in [2.45, 2.75) is 19.9 Å². The Balaban J connectivity index is 2.27. The second-order valence-corrected chi connectivity index (χ2v) is 3.95. The van der Waals surface area contributed by atoms with Gasteiger partial charge in [0.2, 0.25) is 0 Å². The molecule has 0 fully saturated rings. The Labute approximate surface area is 97.9 Å². The molecular weight excluding hydrogens is 224 g/mol. The minimum absolute atomic E-state index is 0.0984. The van der Waals surface area contributed by atoms with E-state index in [0.29, 0.717) is 5.56 Å². The zero-order valence-electron chi connectivity index (χ0n) is 9.59. The van der Waals surface area contributed by atoms with Gasteiger partial charge in [0.25, 0.3) is 0 Å². The van der Waals surface area contributed by atoms with Crippen LogP contribution in [0.1, 0.15) is 24.1 Å². The molecule has 1 unspecified atom stereocenters. The second kappa shape index (κ2) is 4.53. The van der Waals surface area contributed by atoms with Crippen LogP contribution in [0.2, 0.25) is 0 Å². The number of rotatable bonds is 3. The van der Waals surface area contributed by atoms with E-state index in [1.165, 1.54) is 12.1 Å². The van der Waals surface area contributed by atoms with Gasteiger partial charge in [0, 0.05) is 11.8 Å². The second-order valence-electron chi connectivity index (χ2n) is 3.95. The molecule has 1 aromatic carbocycles. The highest BCUT2D eigenvalue weighted by atomic mass is 19.1. The van der Waals surface area contributed by atoms with Crippen molar-refractivity contribution in [1.82, 2.24) is 10.2 Å². The molecule has 90 valence electrons. The van der Waals surface area contributed by atoms with Crippen LogP contribution in [0.4, 0.5) is 14.5 Å². The number of aryl methyl sites for hydroxylation is 1. The lowest BCUT2D eigenvalue weighted by molar-refractivity contribution is 0.579. The first-order valence-electron chi connectivity index (χ1n) is 5.29. The highest BCUT2D eigenvalue weighted by Crippen LogP contribution is 2.25. The molecule has 0 spiro atoms. The lowest BCUT2D eigenvalue weighted by atomic mass is 10.1. The van der Waals surface area contributed by atoms with Gasteiger partial charge in [-0.25, -0.2) is 8.78 Å². The quantitative estimate of drug-likeness (QED) is 0.860. The maximum Gasteiger partial charge on any atom is 0.152 e. The van der Waals surface area contributed by atoms with Crippen LogP contribution in [0.3, 0.4) is 0 Å². The minimum atomic E-state index is -0.594. The molecule has 0 amide bonds. The van der Waals surface area contributed by atoms with Crippen molar-refractivity contribution in [3.8, 4) is 0 Å². The van der Waals surface area contributed by atoms with E-state index in [1.807, 2.05) is 6.92 Å². The molecule has 1 atom stereocenters. The van der Waals surface area contributed by atoms with E-state index in [9.17, 15) is 8.78 Å². The minimum Gasteiger partial charge on any atom is -0.374 e. The molecule has 1 heterocycles. The first-order valence-corrected chi connectivity index (χ1v) is 5.29. The number of hydrogen-bond acceptors (Lipinski definition) is 2. The third kappa shape index (κ3) is 2.27. The summed E-state index contributed by atoms with van der Waals surface area (Å²) < 4.78 is 27.2. The van der Waals surface area contributed by atoms with Crippen molar-refractivity contribution in [3.63, 3.8) is 0 Å². The van der Waals surface area contributed by atoms with E-state index in [4.69, 9.17) is 0 Å². The summed E-state index contributed by atoms with van der Waals surface area (Å²) in [5.41, 5.74) is 1.15. The van der Waals surface area contributed by atoms with Gasteiger partial charge in [-0.1, -0.05) is 6.07 Å². The zero-order chi connectivity index (χ0) is 12.4. The fourth-order valence-electron chi connectivity index (χ4n) is 1.59. The van der Waals surface area contributed by atoms with Gasteiger partial charge in [0.1, 0.15) is 11.5 Å². The van der Waals surface area contributed by atoms with E-state index >= 15 is 0 Å². The monoisotopic (exact) mass is 237 g/mol. The molecule has 2 rings (SSSR count). The zero-order valence-corrected chi connectivity index (χ0v) is 9.59. The van der Waals surface area contributed by atoms with Gasteiger partial charge in [0.15, 0.2) is 5.82 Å². The molecular formula is C12H13F2N3. The van der Waals surface area contributed by atoms with E-state index in [2.05, 4.69) is 15.5 Å². The van der Waals surface area contributed by atoms with E-state index in [-0.39, 0.29) is 11.7 Å². The van der Waals surface area contributed by atoms with Gasteiger partial charge in [-0.2, -0.15) is 5.10 Å². The van der Waals surface area contributed by atoms with Crippen LogP contribution in [-0.2, 0) is 0 Å². The summed E-state index contributed by atoms with van der Waals surface area (Å²) >= 11 is 0. The van der Waals surface area contributed by atoms with Gasteiger partial charge in [-0.3, -0.25) is 5.10 Å². The lowest BCUT2D eigenvalue weighted by Gasteiger charge is -2.15. The number of hydrogen-bond donors (Lipinski definition) is 2. The van der Waals surface area contributed by atoms with Gasteiger partial charge in [-0.05, 0) is 25.5 Å². The standard InChI is InChI=1S/C12H13F2N3/c1-7-3-4-10(13)12(11(7)14)17-8(2)9-5-15-16-6-9/h3-6,8,17H,1-2H3,(H,15,16). The smallest absolute Gasteiger partial charge is 0.152 e. The van der Waals surface area contributed by atoms with Crippen LogP contribution in [-0.4, -0.2) is 10.2 Å². The number of benzene rings is 1. The fraction of sp³-hybridized carbons (Fsp3) is 0.250. The lowest BCUT2D eigenvalue weighted by Crippen LogP contribution is -2.09. The molecule has 0 bridgehead atoms. The third-order valence-corrected chi connectivity index (χ3v) is 2.66. The van der Waals surface area contributed by atoms with Crippen LogP contribution in [0.25, 0.3) is 0 Å². The maximum atomic E-state index is 13.7. The van der Waals surface area contributed by atoms with Crippen LogP contribution < -0.4 is 5.32 Å². The van der Waals surface area contributed by atoms with Gasteiger partial charge in [-0.15, -0.1) is 0 Å². The summed E-state index contributed by atoms with van der Waals surface area (Å²) in [7, 11) is 0. The molecule has 0 aliphatic rings. The van der Waals surface area contributed by atoms with Crippen molar-refractivity contribution in [2.75, 3.05) is 5.32 Å². The number of anilines is 1. The SMILES string of the molecule is Cc1ccc(F)c(NC(C)c2cn[nH]c2)c1F. The van der Waals surface area contributed by atoms with Crippen molar-refractivity contribution >= 4 is 5.69 Å². The van der Waals surface area contributed by atoms with Gasteiger partial charge in [0.05, 0.1) is 12.2 Å². The van der Waals surface area contributed by atoms with Crippen molar-refractivity contribution in [1.29, 1.82) is 0 Å². The fourth-order valence-corrected chi connectivity index (χ4v) is 1.59. The average Bonchev–Trinajstić information content (AvgIpc) is 2.83. The Morgan fingerprint density at radius 3 is 2.76 bits per heavy atom. The van der Waals surface area contributed by atoms with Crippen LogP contribution in [0, 0.1) is 18.6 Å². The number of nitrogens with one attached hydrogen (secondary N) is 2. The molecule has 0 radical (unpaired) electrons. The predicted octanol–water partition coefficient (Wildman–Crippen LogP) is 3.17. The summed E-state index contributed by atoms with van der Waals surface area (Å²) in [5.74, 6) is -1.15. The number of aromatic amines is 1. The molecule has 0 aliphatic carbocycles. The summed E-state index contributed by atoms with van der Waals surface area (Å²) in [6, 6.07) is 2.45. The van der Waals surface area contributed by atoms with Crippen LogP contribution in [0.15, 0.2) is 24.5 Å². The normalized spacial score (nSPS) is 12.5. The largest absolute Gasteiger partial charge is 0.374 e. The van der Waals surface area contributed by atoms with E-state index in [0.717, 1.165) is 5.56 Å². The van der Waals surface area contributed by atoms with Gasteiger partial charge >= 0.3 is 0 Å². The molecule has 2 aromatic rings. The Morgan fingerprint density at radius 2 is 2.12 bits per heavy atom. The summed E-state index contributed by atoms with van der Waals surface area (Å²) in [6.07, 6.45) is 3.30. The van der Waals surface area contributed by atoms with Crippen molar-refractivity contribution in [3.05, 3.63) is 47.3 Å². The Bertz CT molecular complexity index is 509. The molecule has 1 aromatic heterocycles. The maximum absolute atomic E-state index is 13.7. The van der Waals surface area contributed by atoms with E-state index in [1.54, 1.807) is 19.3 Å². The number of nitrogens with zero attached hydrogens (tertiary/aromatic N) is 1. The Kier molecular flexibility index (Phi) is 3.08. The highest BCUT2D eigenvalue weighted by Gasteiger charge is 2.14. The summed E-state index contributed by atoms with van der Waals surface area (Å²) in [6.45, 7) is 3.41. The number of aromatic nitrogens is 2. The Hall–Kier alpha value is -1.91. The van der Waals surface area contributed by atoms with Crippen LogP contribution in [0.5, 0.6) is 0 Å². The molecule has 0 aliphatic heterocycles. The van der Waals surface area contributed by atoms with Crippen LogP contribution >= 0.6 is 0 Å². The average molecular weight is 237 g/mol. The molecule has 3 nitrogen and oxygen atoms in total. The number of H-pyrrole nitrogens is 1.